The van der Waals surface area contributed by atoms with E-state index in [1.165, 1.54) is 24.5 Å². The summed E-state index contributed by atoms with van der Waals surface area (Å²) >= 11 is 0. The van der Waals surface area contributed by atoms with Gasteiger partial charge in [-0.1, -0.05) is 12.1 Å². The minimum Gasteiger partial charge on any atom is -0.497 e. The number of anilines is 1. The van der Waals surface area contributed by atoms with Gasteiger partial charge in [0.15, 0.2) is 11.5 Å². The SMILES string of the molecule is COc1ccc(CN(CC(=O)Nc2ccc3c(c2)OCO3)S(=O)(=O)c2cccnc2)cc1. The maximum Gasteiger partial charge on any atom is 0.245 e. The van der Waals surface area contributed by atoms with Gasteiger partial charge in [0.25, 0.3) is 0 Å². The second-order valence-corrected chi connectivity index (χ2v) is 8.86. The largest absolute Gasteiger partial charge is 0.497 e. The molecule has 2 heterocycles. The van der Waals surface area contributed by atoms with Crippen LogP contribution in [0.1, 0.15) is 5.56 Å². The van der Waals surface area contributed by atoms with Crippen molar-refractivity contribution in [2.24, 2.45) is 0 Å². The zero-order chi connectivity index (χ0) is 22.6. The molecular weight excluding hydrogens is 434 g/mol. The molecule has 9 nitrogen and oxygen atoms in total. The molecule has 0 spiro atoms. The Labute approximate surface area is 185 Å². The molecule has 0 saturated carbocycles. The van der Waals surface area contributed by atoms with Crippen molar-refractivity contribution in [3.63, 3.8) is 0 Å². The van der Waals surface area contributed by atoms with Crippen LogP contribution in [-0.2, 0) is 21.4 Å². The lowest BCUT2D eigenvalue weighted by atomic mass is 10.2. The maximum absolute atomic E-state index is 13.2. The Morgan fingerprint density at radius 1 is 1.12 bits per heavy atom. The van der Waals surface area contributed by atoms with Crippen molar-refractivity contribution in [2.45, 2.75) is 11.4 Å². The zero-order valence-corrected chi connectivity index (χ0v) is 18.0. The van der Waals surface area contributed by atoms with E-state index in [1.807, 2.05) is 0 Å². The second kappa shape index (κ2) is 9.25. The van der Waals surface area contributed by atoms with Gasteiger partial charge in [0.05, 0.1) is 13.7 Å². The van der Waals surface area contributed by atoms with Crippen molar-refractivity contribution in [3.8, 4) is 17.2 Å². The monoisotopic (exact) mass is 455 g/mol. The van der Waals surface area contributed by atoms with Crippen LogP contribution in [-0.4, -0.2) is 44.1 Å². The van der Waals surface area contributed by atoms with Gasteiger partial charge in [0.2, 0.25) is 22.7 Å². The van der Waals surface area contributed by atoms with Gasteiger partial charge in [-0.05, 0) is 42.0 Å². The van der Waals surface area contributed by atoms with Crippen LogP contribution >= 0.6 is 0 Å². The van der Waals surface area contributed by atoms with Crippen LogP contribution in [0.5, 0.6) is 17.2 Å². The summed E-state index contributed by atoms with van der Waals surface area (Å²) in [6.45, 7) is -0.279. The highest BCUT2D eigenvalue weighted by molar-refractivity contribution is 7.89. The normalized spacial score (nSPS) is 12.6. The molecule has 1 aromatic heterocycles. The molecule has 0 atom stereocenters. The maximum atomic E-state index is 13.2. The number of rotatable bonds is 8. The summed E-state index contributed by atoms with van der Waals surface area (Å²) in [5.41, 5.74) is 1.18. The van der Waals surface area contributed by atoms with E-state index < -0.39 is 22.5 Å². The van der Waals surface area contributed by atoms with Gasteiger partial charge >= 0.3 is 0 Å². The highest BCUT2D eigenvalue weighted by Gasteiger charge is 2.27. The van der Waals surface area contributed by atoms with E-state index in [0.717, 1.165) is 4.31 Å². The van der Waals surface area contributed by atoms with Gasteiger partial charge in [-0.2, -0.15) is 4.31 Å². The minimum atomic E-state index is -3.98. The summed E-state index contributed by atoms with van der Waals surface area (Å²) in [7, 11) is -2.43. The number of methoxy groups -OCH3 is 1. The first kappa shape index (κ1) is 21.6. The number of fused-ring (bicyclic) bond motifs is 1. The van der Waals surface area contributed by atoms with Gasteiger partial charge in [-0.25, -0.2) is 8.42 Å². The third-order valence-corrected chi connectivity index (χ3v) is 6.54. The van der Waals surface area contributed by atoms with Crippen molar-refractivity contribution in [2.75, 3.05) is 25.8 Å². The molecule has 1 amide bonds. The number of amides is 1. The third kappa shape index (κ3) is 4.82. The average Bonchev–Trinajstić information content (AvgIpc) is 3.27. The minimum absolute atomic E-state index is 0.00407. The van der Waals surface area contributed by atoms with Crippen LogP contribution in [0.25, 0.3) is 0 Å². The lowest BCUT2D eigenvalue weighted by Gasteiger charge is -2.22. The Morgan fingerprint density at radius 3 is 2.62 bits per heavy atom. The number of hydrogen-bond donors (Lipinski definition) is 1. The van der Waals surface area contributed by atoms with Crippen molar-refractivity contribution in [1.29, 1.82) is 0 Å². The van der Waals surface area contributed by atoms with Crippen LogP contribution < -0.4 is 19.5 Å². The molecule has 0 unspecified atom stereocenters. The van der Waals surface area contributed by atoms with Crippen LogP contribution in [0.2, 0.25) is 0 Å². The molecule has 2 aromatic carbocycles. The lowest BCUT2D eigenvalue weighted by Crippen LogP contribution is -2.37. The van der Waals surface area contributed by atoms with E-state index in [4.69, 9.17) is 14.2 Å². The molecule has 0 bridgehead atoms. The fraction of sp³-hybridized carbons (Fsp3) is 0.182. The lowest BCUT2D eigenvalue weighted by molar-refractivity contribution is -0.116. The van der Waals surface area contributed by atoms with Crippen LogP contribution in [0.15, 0.2) is 71.9 Å². The van der Waals surface area contributed by atoms with E-state index >= 15 is 0 Å². The molecule has 10 heteroatoms. The summed E-state index contributed by atoms with van der Waals surface area (Å²) in [6, 6.07) is 14.9. The first-order valence-corrected chi connectivity index (χ1v) is 11.1. The first-order chi connectivity index (χ1) is 15.5. The van der Waals surface area contributed by atoms with Gasteiger partial charge < -0.3 is 19.5 Å². The van der Waals surface area contributed by atoms with E-state index in [1.54, 1.807) is 49.6 Å². The second-order valence-electron chi connectivity index (χ2n) is 6.93. The van der Waals surface area contributed by atoms with Gasteiger partial charge in [0.1, 0.15) is 10.6 Å². The molecule has 0 fully saturated rings. The number of pyridine rings is 1. The van der Waals surface area contributed by atoms with Crippen molar-refractivity contribution < 1.29 is 27.4 Å². The van der Waals surface area contributed by atoms with Crippen molar-refractivity contribution >= 4 is 21.6 Å². The summed E-state index contributed by atoms with van der Waals surface area (Å²) in [6.07, 6.45) is 2.74. The average molecular weight is 455 g/mol. The smallest absolute Gasteiger partial charge is 0.245 e. The Kier molecular flexibility index (Phi) is 6.24. The number of aromatic nitrogens is 1. The van der Waals surface area contributed by atoms with E-state index in [0.29, 0.717) is 28.5 Å². The standard InChI is InChI=1S/C22H21N3O6S/c1-29-18-7-4-16(5-8-18)13-25(32(27,28)19-3-2-10-23-12-19)14-22(26)24-17-6-9-20-21(11-17)31-15-30-20/h2-12H,13-15H2,1H3,(H,24,26). The number of nitrogens with one attached hydrogen (secondary N) is 1. The molecule has 1 aliphatic rings. The van der Waals surface area contributed by atoms with E-state index in [2.05, 4.69) is 10.3 Å². The molecule has 166 valence electrons. The fourth-order valence-electron chi connectivity index (χ4n) is 3.14. The van der Waals surface area contributed by atoms with Crippen molar-refractivity contribution in [3.05, 3.63) is 72.6 Å². The topological polar surface area (TPSA) is 107 Å². The zero-order valence-electron chi connectivity index (χ0n) is 17.2. The molecular formula is C22H21N3O6S. The third-order valence-electron chi connectivity index (χ3n) is 4.77. The van der Waals surface area contributed by atoms with Gasteiger partial charge in [-0.15, -0.1) is 0 Å². The van der Waals surface area contributed by atoms with E-state index in [9.17, 15) is 13.2 Å². The highest BCUT2D eigenvalue weighted by atomic mass is 32.2. The number of benzene rings is 2. The van der Waals surface area contributed by atoms with Crippen LogP contribution in [0.3, 0.4) is 0 Å². The van der Waals surface area contributed by atoms with Crippen LogP contribution in [0.4, 0.5) is 5.69 Å². The summed E-state index contributed by atoms with van der Waals surface area (Å²) < 4.78 is 43.3. The van der Waals surface area contributed by atoms with Gasteiger partial charge in [-0.3, -0.25) is 9.78 Å². The molecule has 0 radical (unpaired) electrons. The molecule has 1 N–H and O–H groups in total. The quantitative estimate of drug-likeness (QED) is 0.556. The highest BCUT2D eigenvalue weighted by Crippen LogP contribution is 2.34. The van der Waals surface area contributed by atoms with Crippen LogP contribution in [0, 0.1) is 0 Å². The Bertz CT molecular complexity index is 1200. The molecule has 32 heavy (non-hydrogen) atoms. The summed E-state index contributed by atoms with van der Waals surface area (Å²) in [5, 5.41) is 2.71. The summed E-state index contributed by atoms with van der Waals surface area (Å²) in [5.74, 6) is 1.25. The molecule has 0 aliphatic carbocycles. The Morgan fingerprint density at radius 2 is 1.91 bits per heavy atom. The number of ether oxygens (including phenoxy) is 3. The van der Waals surface area contributed by atoms with Gasteiger partial charge in [0, 0.05) is 30.7 Å². The summed E-state index contributed by atoms with van der Waals surface area (Å²) in [4.78, 5) is 16.7. The fourth-order valence-corrected chi connectivity index (χ4v) is 4.49. The Balaban J connectivity index is 1.55. The number of hydrogen-bond acceptors (Lipinski definition) is 7. The number of carbonyl (C=O) groups is 1. The Hall–Kier alpha value is -3.63. The first-order valence-electron chi connectivity index (χ1n) is 9.68. The predicted octanol–water partition coefficient (Wildman–Crippen LogP) is 2.65. The molecule has 1 aliphatic heterocycles. The number of nitrogens with zero attached hydrogens (tertiary/aromatic N) is 2. The number of carbonyl (C=O) groups excluding carboxylic acids is 1. The van der Waals surface area contributed by atoms with Crippen molar-refractivity contribution in [1.82, 2.24) is 9.29 Å². The predicted molar refractivity (Wildman–Crippen MR) is 116 cm³/mol. The molecule has 3 aromatic rings. The molecule has 0 saturated heterocycles. The van der Waals surface area contributed by atoms with E-state index in [-0.39, 0.29) is 18.2 Å². The molecule has 4 rings (SSSR count). The number of sulfonamides is 1.